The van der Waals surface area contributed by atoms with Crippen LogP contribution in [-0.4, -0.2) is 22.8 Å². The number of nitrogens with one attached hydrogen (secondary N) is 1. The number of carbonyl (C=O) groups excluding carboxylic acids is 2. The molecule has 0 aliphatic heterocycles. The van der Waals surface area contributed by atoms with E-state index >= 15 is 0 Å². The van der Waals surface area contributed by atoms with Crippen LogP contribution in [0.5, 0.6) is 0 Å². The molecule has 0 spiro atoms. The van der Waals surface area contributed by atoms with E-state index in [1.165, 1.54) is 19.3 Å². The molecule has 128 valence electrons. The van der Waals surface area contributed by atoms with Crippen molar-refractivity contribution >= 4 is 33.5 Å². The van der Waals surface area contributed by atoms with Crippen LogP contribution < -0.4 is 5.32 Å². The second kappa shape index (κ2) is 5.87. The Bertz CT molecular complexity index is 646. The number of halogens is 1. The van der Waals surface area contributed by atoms with Crippen molar-refractivity contribution in [3.05, 3.63) is 30.3 Å². The molecule has 1 aromatic rings. The summed E-state index contributed by atoms with van der Waals surface area (Å²) in [6, 6.07) is 9.22. The molecule has 2 atom stereocenters. The summed E-state index contributed by atoms with van der Waals surface area (Å²) in [6.45, 7) is -0.208. The lowest BCUT2D eigenvalue weighted by Crippen LogP contribution is -2.56. The lowest BCUT2D eigenvalue weighted by molar-refractivity contribution is -0.170. The molecule has 4 nitrogen and oxygen atoms in total. The number of hydrogen-bond donors (Lipinski definition) is 1. The maximum Gasteiger partial charge on any atom is 0.312 e. The van der Waals surface area contributed by atoms with Crippen molar-refractivity contribution in [1.82, 2.24) is 0 Å². The third kappa shape index (κ3) is 2.99. The van der Waals surface area contributed by atoms with E-state index in [-0.39, 0.29) is 28.2 Å². The quantitative estimate of drug-likeness (QED) is 0.625. The lowest BCUT2D eigenvalue weighted by atomic mass is 9.49. The Balaban J connectivity index is 1.37. The van der Waals surface area contributed by atoms with E-state index in [0.717, 1.165) is 19.3 Å². The number of anilines is 1. The lowest BCUT2D eigenvalue weighted by Gasteiger charge is -2.58. The highest BCUT2D eigenvalue weighted by Crippen LogP contribution is 2.64. The molecule has 4 aliphatic rings. The summed E-state index contributed by atoms with van der Waals surface area (Å²) >= 11 is 3.90. The summed E-state index contributed by atoms with van der Waals surface area (Å²) in [5, 5.41) is 2.75. The van der Waals surface area contributed by atoms with Crippen molar-refractivity contribution in [2.45, 2.75) is 42.8 Å². The number of rotatable bonds is 4. The van der Waals surface area contributed by atoms with Crippen LogP contribution in [0.2, 0.25) is 0 Å². The van der Waals surface area contributed by atoms with Crippen molar-refractivity contribution in [2.24, 2.45) is 17.3 Å². The second-order valence-corrected chi connectivity index (χ2v) is 9.56. The molecule has 5 heteroatoms. The maximum atomic E-state index is 12.8. The van der Waals surface area contributed by atoms with E-state index in [2.05, 4.69) is 21.2 Å². The minimum atomic E-state index is -0.374. The number of para-hydroxylation sites is 1. The summed E-state index contributed by atoms with van der Waals surface area (Å²) in [5.41, 5.74) is 0.341. The van der Waals surface area contributed by atoms with Crippen LogP contribution >= 0.6 is 15.9 Å². The summed E-state index contributed by atoms with van der Waals surface area (Å²) in [7, 11) is 0. The number of hydrogen-bond acceptors (Lipinski definition) is 3. The molecule has 1 aromatic carbocycles. The van der Waals surface area contributed by atoms with Gasteiger partial charge in [-0.05, 0) is 62.5 Å². The van der Waals surface area contributed by atoms with Crippen LogP contribution in [0.15, 0.2) is 30.3 Å². The van der Waals surface area contributed by atoms with Crippen molar-refractivity contribution < 1.29 is 14.3 Å². The fourth-order valence-electron chi connectivity index (χ4n) is 5.39. The molecule has 0 heterocycles. The van der Waals surface area contributed by atoms with Gasteiger partial charge >= 0.3 is 5.97 Å². The van der Waals surface area contributed by atoms with Crippen LogP contribution in [0.25, 0.3) is 0 Å². The molecule has 0 aromatic heterocycles. The smallest absolute Gasteiger partial charge is 0.312 e. The molecule has 1 amide bonds. The molecule has 2 unspecified atom stereocenters. The standard InChI is InChI=1S/C19H22BrNO3/c20-19-9-13-6-14(10-19)8-18(7-13,12-19)17(23)24-11-16(22)21-15-4-2-1-3-5-15/h1-5,13-14H,6-12H2,(H,21,22). The third-order valence-corrected chi connectivity index (χ3v) is 6.74. The molecule has 4 saturated carbocycles. The number of amides is 1. The molecule has 4 aliphatic carbocycles. The summed E-state index contributed by atoms with van der Waals surface area (Å²) in [4.78, 5) is 24.8. The Labute approximate surface area is 150 Å². The maximum absolute atomic E-state index is 12.8. The van der Waals surface area contributed by atoms with Gasteiger partial charge in [0.15, 0.2) is 6.61 Å². The molecular formula is C19H22BrNO3. The Morgan fingerprint density at radius 2 is 1.79 bits per heavy atom. The first-order chi connectivity index (χ1) is 11.5. The topological polar surface area (TPSA) is 55.4 Å². The molecule has 1 N–H and O–H groups in total. The van der Waals surface area contributed by atoms with Gasteiger partial charge in [-0.25, -0.2) is 0 Å². The monoisotopic (exact) mass is 391 g/mol. The zero-order chi connectivity index (χ0) is 16.8. The van der Waals surface area contributed by atoms with Crippen LogP contribution in [0, 0.1) is 17.3 Å². The minimum absolute atomic E-state index is 0.113. The molecule has 0 radical (unpaired) electrons. The first-order valence-corrected chi connectivity index (χ1v) is 9.47. The molecule has 5 rings (SSSR count). The van der Waals surface area contributed by atoms with Crippen molar-refractivity contribution in [3.8, 4) is 0 Å². The molecular weight excluding hydrogens is 370 g/mol. The van der Waals surface area contributed by atoms with Crippen molar-refractivity contribution in [2.75, 3.05) is 11.9 Å². The molecule has 0 saturated heterocycles. The molecule has 4 bridgehead atoms. The van der Waals surface area contributed by atoms with Gasteiger partial charge in [-0.2, -0.15) is 0 Å². The van der Waals surface area contributed by atoms with Crippen LogP contribution in [0.1, 0.15) is 38.5 Å². The van der Waals surface area contributed by atoms with Gasteiger partial charge in [-0.1, -0.05) is 34.1 Å². The molecule has 24 heavy (non-hydrogen) atoms. The minimum Gasteiger partial charge on any atom is -0.455 e. The Morgan fingerprint density at radius 3 is 2.42 bits per heavy atom. The zero-order valence-corrected chi connectivity index (χ0v) is 15.2. The van der Waals surface area contributed by atoms with Gasteiger partial charge < -0.3 is 10.1 Å². The third-order valence-electron chi connectivity index (χ3n) is 5.81. The van der Waals surface area contributed by atoms with E-state index < -0.39 is 0 Å². The van der Waals surface area contributed by atoms with E-state index in [0.29, 0.717) is 17.5 Å². The van der Waals surface area contributed by atoms with Crippen LogP contribution in [-0.2, 0) is 14.3 Å². The largest absolute Gasteiger partial charge is 0.455 e. The second-order valence-electron chi connectivity index (χ2n) is 7.88. The van der Waals surface area contributed by atoms with Gasteiger partial charge in [0.05, 0.1) is 5.41 Å². The summed E-state index contributed by atoms with van der Waals surface area (Å²) < 4.78 is 5.55. The molecule has 4 fully saturated rings. The van der Waals surface area contributed by atoms with Crippen molar-refractivity contribution in [1.29, 1.82) is 0 Å². The fraction of sp³-hybridized carbons (Fsp3) is 0.579. The van der Waals surface area contributed by atoms with Crippen LogP contribution in [0.3, 0.4) is 0 Å². The highest BCUT2D eigenvalue weighted by molar-refractivity contribution is 9.10. The SMILES string of the molecule is O=C(COC(=O)C12CC3CC(CC(Br)(C3)C1)C2)Nc1ccccc1. The Morgan fingerprint density at radius 1 is 1.12 bits per heavy atom. The predicted octanol–water partition coefficient (Wildman–Crippen LogP) is 3.90. The summed E-state index contributed by atoms with van der Waals surface area (Å²) in [5.74, 6) is 0.782. The van der Waals surface area contributed by atoms with Gasteiger partial charge in [0.25, 0.3) is 5.91 Å². The zero-order valence-electron chi connectivity index (χ0n) is 13.6. The van der Waals surface area contributed by atoms with Gasteiger partial charge in [0.1, 0.15) is 0 Å². The fourth-order valence-corrected chi connectivity index (χ4v) is 6.84. The van der Waals surface area contributed by atoms with E-state index in [9.17, 15) is 9.59 Å². The summed E-state index contributed by atoms with van der Waals surface area (Å²) in [6.07, 6.45) is 6.30. The number of alkyl halides is 1. The normalized spacial score (nSPS) is 36.4. The number of benzene rings is 1. The Hall–Kier alpha value is -1.36. The van der Waals surface area contributed by atoms with E-state index in [1.54, 1.807) is 0 Å². The highest BCUT2D eigenvalue weighted by Gasteiger charge is 2.60. The van der Waals surface area contributed by atoms with Gasteiger partial charge in [0.2, 0.25) is 0 Å². The van der Waals surface area contributed by atoms with Gasteiger partial charge in [-0.15, -0.1) is 0 Å². The number of esters is 1. The van der Waals surface area contributed by atoms with E-state index in [4.69, 9.17) is 4.74 Å². The van der Waals surface area contributed by atoms with E-state index in [1.807, 2.05) is 30.3 Å². The van der Waals surface area contributed by atoms with Gasteiger partial charge in [0, 0.05) is 10.0 Å². The average Bonchev–Trinajstić information content (AvgIpc) is 2.51. The number of carbonyl (C=O) groups is 2. The van der Waals surface area contributed by atoms with Crippen molar-refractivity contribution in [3.63, 3.8) is 0 Å². The average molecular weight is 392 g/mol. The first-order valence-electron chi connectivity index (χ1n) is 8.68. The predicted molar refractivity (Wildman–Crippen MR) is 94.8 cm³/mol. The van der Waals surface area contributed by atoms with Crippen LogP contribution in [0.4, 0.5) is 5.69 Å². The first kappa shape index (κ1) is 16.1. The van der Waals surface area contributed by atoms with Gasteiger partial charge in [-0.3, -0.25) is 9.59 Å². The number of ether oxygens (including phenoxy) is 1. The Kier molecular flexibility index (Phi) is 3.94. The highest BCUT2D eigenvalue weighted by atomic mass is 79.9.